The molecule has 0 bridgehead atoms. The van der Waals surface area contributed by atoms with Crippen LogP contribution in [0.3, 0.4) is 0 Å². The van der Waals surface area contributed by atoms with Crippen LogP contribution in [0.4, 0.5) is 0 Å². The fourth-order valence-electron chi connectivity index (χ4n) is 11.4. The standard InChI is InChI=1S/C53H58N2O11/c1-33(56)63-46-47-49(2,3)26-25-44(62-32-40-27-41(54-64-40)36-17-21-38(22-18-36)60-30-34-13-9-7-10-14-34)51(47,5)53(59)43(57)29-50(4,66-52(53,6)48(46)58)45-28-42(55-65-45)37-19-23-39(24-20-37)61-31-35-15-11-8-12-16-35/h7-24,27,44-48,58-59H,25-26,28-32H2,1-6H3/t44-,45?,46-,47-,48-,50+,51-,52+,53-/m0/s1. The predicted octanol–water partition coefficient (Wildman–Crippen LogP) is 8.56. The molecule has 66 heavy (non-hydrogen) atoms. The van der Waals surface area contributed by atoms with Gasteiger partial charge in [0, 0.05) is 42.7 Å². The number of hydrogen-bond donors (Lipinski definition) is 2. The molecule has 2 aliphatic heterocycles. The summed E-state index contributed by atoms with van der Waals surface area (Å²) in [7, 11) is 0. The van der Waals surface area contributed by atoms with Crippen LogP contribution in [0.25, 0.3) is 11.3 Å². The molecule has 3 heterocycles. The number of nitrogens with zero attached hydrogens (tertiary/aromatic N) is 2. The van der Waals surface area contributed by atoms with Crippen LogP contribution in [0.5, 0.6) is 11.5 Å². The largest absolute Gasteiger partial charge is 0.489 e. The van der Waals surface area contributed by atoms with Gasteiger partial charge in [-0.05, 0) is 97.3 Å². The van der Waals surface area contributed by atoms with Crippen molar-refractivity contribution in [1.82, 2.24) is 5.16 Å². The highest BCUT2D eigenvalue weighted by atomic mass is 16.7. The molecule has 5 aromatic rings. The fraction of sp³-hybridized carbons (Fsp3) is 0.434. The molecule has 1 saturated heterocycles. The lowest BCUT2D eigenvalue weighted by atomic mass is 9.39. The Morgan fingerprint density at radius 2 is 1.39 bits per heavy atom. The first-order valence-electron chi connectivity index (χ1n) is 22.7. The van der Waals surface area contributed by atoms with Crippen LogP contribution in [-0.2, 0) is 48.5 Å². The van der Waals surface area contributed by atoms with E-state index in [1.54, 1.807) is 13.0 Å². The monoisotopic (exact) mass is 898 g/mol. The Kier molecular flexibility index (Phi) is 12.0. The number of Topliss-reactive ketones (excluding diaryl/α,β-unsaturated/α-hetero) is 1. The maximum Gasteiger partial charge on any atom is 0.303 e. The van der Waals surface area contributed by atoms with Gasteiger partial charge >= 0.3 is 5.97 Å². The van der Waals surface area contributed by atoms with E-state index in [1.807, 2.05) is 130 Å². The third kappa shape index (κ3) is 7.99. The second-order valence-electron chi connectivity index (χ2n) is 19.6. The van der Waals surface area contributed by atoms with Crippen molar-refractivity contribution < 1.29 is 52.8 Å². The van der Waals surface area contributed by atoms with Gasteiger partial charge in [-0.2, -0.15) is 0 Å². The van der Waals surface area contributed by atoms with Crippen molar-refractivity contribution in [2.75, 3.05) is 0 Å². The van der Waals surface area contributed by atoms with Gasteiger partial charge < -0.3 is 43.3 Å². The summed E-state index contributed by atoms with van der Waals surface area (Å²) in [5.74, 6) is -0.0441. The maximum absolute atomic E-state index is 15.2. The molecule has 2 aliphatic carbocycles. The Bertz CT molecular complexity index is 2560. The molecular weight excluding hydrogens is 841 g/mol. The number of benzene rings is 4. The molecule has 4 aromatic carbocycles. The molecule has 0 amide bonds. The number of carbonyl (C=O) groups excluding carboxylic acids is 2. The van der Waals surface area contributed by atoms with Crippen molar-refractivity contribution in [3.8, 4) is 22.8 Å². The van der Waals surface area contributed by atoms with E-state index in [4.69, 9.17) is 33.0 Å². The van der Waals surface area contributed by atoms with Gasteiger partial charge in [-0.3, -0.25) is 9.59 Å². The van der Waals surface area contributed by atoms with E-state index in [-0.39, 0.29) is 19.4 Å². The van der Waals surface area contributed by atoms with Gasteiger partial charge in [-0.15, -0.1) is 0 Å². The van der Waals surface area contributed by atoms with Crippen molar-refractivity contribution in [1.29, 1.82) is 0 Å². The summed E-state index contributed by atoms with van der Waals surface area (Å²) < 4.78 is 37.5. The average molecular weight is 899 g/mol. The van der Waals surface area contributed by atoms with Gasteiger partial charge in [0.1, 0.15) is 60.4 Å². The topological polar surface area (TPSA) is 168 Å². The maximum atomic E-state index is 15.2. The molecular formula is C53H58N2O11. The number of carbonyl (C=O) groups is 2. The Hall–Kier alpha value is -5.86. The number of ether oxygens (including phenoxy) is 5. The van der Waals surface area contributed by atoms with Crippen molar-refractivity contribution in [2.24, 2.45) is 21.9 Å². The SMILES string of the molecule is CC(=O)O[C@H]1[C@H]2C(C)(C)CC[C@H](OCc3cc(-c4ccc(OCc5ccccc5)cc4)no3)[C@]2(C)[C@@]2(O)C(=O)C[C@](C)(C3CC(c4ccc(OCc5ccccc5)cc4)=NO3)O[C@]2(C)[C@H]1O. The summed E-state index contributed by atoms with van der Waals surface area (Å²) in [5, 5.41) is 34.7. The number of aliphatic hydroxyl groups excluding tert-OH is 1. The molecule has 0 spiro atoms. The summed E-state index contributed by atoms with van der Waals surface area (Å²) in [6.45, 7) is 11.2. The summed E-state index contributed by atoms with van der Waals surface area (Å²) in [5.41, 5.74) is -2.78. The number of oxime groups is 1. The number of ketones is 1. The molecule has 9 atom stereocenters. The lowest BCUT2D eigenvalue weighted by Crippen LogP contribution is -2.87. The fourth-order valence-corrected chi connectivity index (χ4v) is 11.4. The summed E-state index contributed by atoms with van der Waals surface area (Å²) >= 11 is 0. The van der Waals surface area contributed by atoms with E-state index >= 15 is 4.79 Å². The normalized spacial score (nSPS) is 31.2. The highest BCUT2D eigenvalue weighted by molar-refractivity contribution is 6.01. The third-order valence-electron chi connectivity index (χ3n) is 14.7. The van der Waals surface area contributed by atoms with Crippen molar-refractivity contribution in [3.05, 3.63) is 138 Å². The highest BCUT2D eigenvalue weighted by Crippen LogP contribution is 2.68. The quantitative estimate of drug-likeness (QED) is 0.108. The van der Waals surface area contributed by atoms with Crippen LogP contribution in [-0.4, -0.2) is 74.1 Å². The van der Waals surface area contributed by atoms with Crippen molar-refractivity contribution >= 4 is 17.5 Å². The molecule has 346 valence electrons. The molecule has 9 rings (SSSR count). The number of fused-ring (bicyclic) bond motifs is 3. The van der Waals surface area contributed by atoms with Gasteiger partial charge in [0.25, 0.3) is 0 Å². The minimum Gasteiger partial charge on any atom is -0.489 e. The molecule has 1 aromatic heterocycles. The van der Waals surface area contributed by atoms with Crippen LogP contribution in [0, 0.1) is 16.7 Å². The van der Waals surface area contributed by atoms with E-state index < -0.39 is 69.7 Å². The zero-order valence-corrected chi connectivity index (χ0v) is 38.3. The highest BCUT2D eigenvalue weighted by Gasteiger charge is 2.82. The number of aliphatic hydroxyl groups is 2. The van der Waals surface area contributed by atoms with Crippen LogP contribution in [0.1, 0.15) is 89.7 Å². The minimum atomic E-state index is -2.32. The van der Waals surface area contributed by atoms with Gasteiger partial charge in [-0.1, -0.05) is 91.7 Å². The molecule has 0 radical (unpaired) electrons. The van der Waals surface area contributed by atoms with Gasteiger partial charge in [0.15, 0.2) is 23.2 Å². The number of rotatable bonds is 13. The summed E-state index contributed by atoms with van der Waals surface area (Å²) in [4.78, 5) is 34.2. The average Bonchev–Trinajstić information content (AvgIpc) is 4.01. The molecule has 4 aliphatic rings. The van der Waals surface area contributed by atoms with E-state index in [1.165, 1.54) is 13.8 Å². The van der Waals surface area contributed by atoms with Crippen LogP contribution in [0.15, 0.2) is 125 Å². The Labute approximate surface area is 385 Å². The van der Waals surface area contributed by atoms with E-state index in [0.29, 0.717) is 49.0 Å². The van der Waals surface area contributed by atoms with E-state index in [2.05, 4.69) is 10.3 Å². The molecule has 13 nitrogen and oxygen atoms in total. The molecule has 1 unspecified atom stereocenters. The smallest absolute Gasteiger partial charge is 0.303 e. The Morgan fingerprint density at radius 1 is 0.803 bits per heavy atom. The van der Waals surface area contributed by atoms with E-state index in [9.17, 15) is 15.0 Å². The zero-order chi connectivity index (χ0) is 46.5. The zero-order valence-electron chi connectivity index (χ0n) is 38.3. The number of hydrogen-bond acceptors (Lipinski definition) is 13. The van der Waals surface area contributed by atoms with E-state index in [0.717, 1.165) is 28.0 Å². The van der Waals surface area contributed by atoms with Crippen LogP contribution in [0.2, 0.25) is 0 Å². The molecule has 13 heteroatoms. The number of aromatic nitrogens is 1. The van der Waals surface area contributed by atoms with Gasteiger partial charge in [0.2, 0.25) is 0 Å². The predicted molar refractivity (Wildman–Crippen MR) is 243 cm³/mol. The Morgan fingerprint density at radius 3 is 1.98 bits per heavy atom. The van der Waals surface area contributed by atoms with Crippen LogP contribution < -0.4 is 9.47 Å². The first-order chi connectivity index (χ1) is 31.5. The minimum absolute atomic E-state index is 0.0326. The van der Waals surface area contributed by atoms with Gasteiger partial charge in [-0.25, -0.2) is 0 Å². The lowest BCUT2D eigenvalue weighted by Gasteiger charge is -2.71. The number of esters is 1. The van der Waals surface area contributed by atoms with Crippen molar-refractivity contribution in [2.45, 2.75) is 128 Å². The lowest BCUT2D eigenvalue weighted by molar-refractivity contribution is -0.384. The van der Waals surface area contributed by atoms with Gasteiger partial charge in [0.05, 0.1) is 11.8 Å². The first kappa shape index (κ1) is 45.3. The summed E-state index contributed by atoms with van der Waals surface area (Å²) in [6, 6.07) is 36.8. The molecule has 2 N–H and O–H groups in total. The second kappa shape index (κ2) is 17.4. The summed E-state index contributed by atoms with van der Waals surface area (Å²) in [6.07, 6.45) is -3.28. The Balaban J connectivity index is 0.941. The molecule has 3 fully saturated rings. The van der Waals surface area contributed by atoms with Crippen molar-refractivity contribution in [3.63, 3.8) is 0 Å². The second-order valence-corrected chi connectivity index (χ2v) is 19.6. The third-order valence-corrected chi connectivity index (χ3v) is 14.7. The first-order valence-corrected chi connectivity index (χ1v) is 22.7. The van der Waals surface area contributed by atoms with Crippen LogP contribution >= 0.6 is 0 Å². The molecule has 2 saturated carbocycles.